The molecular formula is C25H29FN4O3. The Kier molecular flexibility index (Phi) is 5.72. The number of hydrogen-bond donors (Lipinski definition) is 2. The van der Waals surface area contributed by atoms with Crippen molar-refractivity contribution in [1.29, 1.82) is 0 Å². The highest BCUT2D eigenvalue weighted by molar-refractivity contribution is 5.87. The number of nitrogens with zero attached hydrogens (tertiary/aromatic N) is 2. The zero-order valence-corrected chi connectivity index (χ0v) is 19.0. The fourth-order valence-corrected chi connectivity index (χ4v) is 4.95. The Hall–Kier alpha value is -3.10. The molecule has 7 nitrogen and oxygen atoms in total. The van der Waals surface area contributed by atoms with E-state index in [1.54, 1.807) is 29.3 Å². The first-order valence-corrected chi connectivity index (χ1v) is 11.3. The van der Waals surface area contributed by atoms with Gasteiger partial charge < -0.3 is 20.5 Å². The fourth-order valence-electron chi connectivity index (χ4n) is 4.95. The number of rotatable bonds is 4. The van der Waals surface area contributed by atoms with Gasteiger partial charge >= 0.3 is 5.69 Å². The van der Waals surface area contributed by atoms with E-state index in [1.165, 1.54) is 6.07 Å². The number of hydrogen-bond acceptors (Lipinski definition) is 5. The second kappa shape index (κ2) is 8.68. The van der Waals surface area contributed by atoms with Crippen molar-refractivity contribution in [3.8, 4) is 0 Å². The van der Waals surface area contributed by atoms with Crippen molar-refractivity contribution >= 4 is 33.7 Å². The molecule has 1 saturated heterocycles. The molecule has 1 fully saturated rings. The number of benzene rings is 2. The van der Waals surface area contributed by atoms with Crippen LogP contribution in [0.5, 0.6) is 0 Å². The second-order valence-electron chi connectivity index (χ2n) is 8.82. The number of aryl methyl sites for hydroxylation is 2. The van der Waals surface area contributed by atoms with Gasteiger partial charge in [-0.15, -0.1) is 0 Å². The quantitative estimate of drug-likeness (QED) is 0.584. The van der Waals surface area contributed by atoms with E-state index in [-0.39, 0.29) is 17.4 Å². The maximum absolute atomic E-state index is 15.0. The summed E-state index contributed by atoms with van der Waals surface area (Å²) in [6, 6.07) is 7.12. The zero-order valence-electron chi connectivity index (χ0n) is 19.0. The van der Waals surface area contributed by atoms with Gasteiger partial charge in [-0.3, -0.25) is 9.13 Å². The number of anilines is 3. The zero-order chi connectivity index (χ0) is 23.1. The first-order valence-electron chi connectivity index (χ1n) is 11.3. The van der Waals surface area contributed by atoms with Gasteiger partial charge in [-0.1, -0.05) is 6.08 Å². The molecule has 0 radical (unpaired) electrons. The maximum atomic E-state index is 15.0. The lowest BCUT2D eigenvalue weighted by molar-refractivity contribution is 0.0855. The van der Waals surface area contributed by atoms with E-state index in [0.29, 0.717) is 49.8 Å². The van der Waals surface area contributed by atoms with Crippen LogP contribution in [0.2, 0.25) is 0 Å². The van der Waals surface area contributed by atoms with E-state index in [4.69, 9.17) is 15.2 Å². The lowest BCUT2D eigenvalue weighted by atomic mass is 9.90. The van der Waals surface area contributed by atoms with Crippen LogP contribution in [-0.2, 0) is 23.6 Å². The van der Waals surface area contributed by atoms with Gasteiger partial charge in [-0.2, -0.15) is 0 Å². The summed E-state index contributed by atoms with van der Waals surface area (Å²) in [6.45, 7) is 2.46. The van der Waals surface area contributed by atoms with Crippen molar-refractivity contribution in [2.24, 2.45) is 14.1 Å². The topological polar surface area (TPSA) is 83.4 Å². The standard InChI is InChI=1S/C25H29FN4O3/c1-29-23-12-17(11-19(16-5-9-33-10-6-16)24(23)30(2)25(29)31)28-22-14-20(26)18(13-21(22)27)15-3-7-32-8-4-15/h3,11-14,16,28H,4-10,27H2,1-2H3. The van der Waals surface area contributed by atoms with Crippen LogP contribution in [0.25, 0.3) is 16.6 Å². The molecular weight excluding hydrogens is 423 g/mol. The lowest BCUT2D eigenvalue weighted by Crippen LogP contribution is -2.20. The Balaban J connectivity index is 1.56. The molecule has 5 rings (SSSR count). The van der Waals surface area contributed by atoms with Gasteiger partial charge in [0, 0.05) is 44.6 Å². The lowest BCUT2D eigenvalue weighted by Gasteiger charge is -2.24. The van der Waals surface area contributed by atoms with Crippen LogP contribution in [0.15, 0.2) is 35.1 Å². The van der Waals surface area contributed by atoms with E-state index >= 15 is 4.39 Å². The third kappa shape index (κ3) is 3.94. The summed E-state index contributed by atoms with van der Waals surface area (Å²) in [7, 11) is 3.57. The number of ether oxygens (including phenoxy) is 2. The molecule has 174 valence electrons. The van der Waals surface area contributed by atoms with Crippen LogP contribution >= 0.6 is 0 Å². The molecule has 3 heterocycles. The molecule has 2 aliphatic heterocycles. The van der Waals surface area contributed by atoms with Crippen LogP contribution in [0, 0.1) is 5.82 Å². The monoisotopic (exact) mass is 452 g/mol. The highest BCUT2D eigenvalue weighted by Gasteiger charge is 2.23. The molecule has 0 spiro atoms. The van der Waals surface area contributed by atoms with Crippen molar-refractivity contribution < 1.29 is 13.9 Å². The van der Waals surface area contributed by atoms with Gasteiger partial charge in [0.25, 0.3) is 0 Å². The molecule has 2 aromatic carbocycles. The molecule has 3 aromatic rings. The minimum absolute atomic E-state index is 0.0740. The SMILES string of the molecule is Cn1c(=O)n(C)c2c(C3CCOCC3)cc(Nc3cc(F)c(C4=CCOCC4)cc3N)cc21. The highest BCUT2D eigenvalue weighted by Crippen LogP contribution is 2.37. The third-order valence-corrected chi connectivity index (χ3v) is 6.78. The average molecular weight is 453 g/mol. The average Bonchev–Trinajstić information content (AvgIpc) is 3.06. The van der Waals surface area contributed by atoms with E-state index in [1.807, 2.05) is 12.1 Å². The van der Waals surface area contributed by atoms with Gasteiger partial charge in [0.05, 0.1) is 35.6 Å². The van der Waals surface area contributed by atoms with Crippen LogP contribution in [0.1, 0.15) is 36.3 Å². The van der Waals surface area contributed by atoms with Crippen LogP contribution in [0.3, 0.4) is 0 Å². The summed E-state index contributed by atoms with van der Waals surface area (Å²) in [6.07, 6.45) is 4.35. The summed E-state index contributed by atoms with van der Waals surface area (Å²) in [5.41, 5.74) is 12.3. The first kappa shape index (κ1) is 21.7. The van der Waals surface area contributed by atoms with Gasteiger partial charge in [-0.25, -0.2) is 9.18 Å². The van der Waals surface area contributed by atoms with Gasteiger partial charge in [-0.05, 0) is 54.5 Å². The maximum Gasteiger partial charge on any atom is 0.328 e. The normalized spacial score (nSPS) is 17.4. The molecule has 2 aliphatic rings. The van der Waals surface area contributed by atoms with Gasteiger partial charge in [0.15, 0.2) is 0 Å². The Bertz CT molecular complexity index is 1300. The fraction of sp³-hybridized carbons (Fsp3) is 0.400. The van der Waals surface area contributed by atoms with E-state index in [2.05, 4.69) is 11.4 Å². The number of aromatic nitrogens is 2. The largest absolute Gasteiger partial charge is 0.397 e. The Morgan fingerprint density at radius 1 is 1.06 bits per heavy atom. The molecule has 0 unspecified atom stereocenters. The first-order chi connectivity index (χ1) is 15.9. The van der Waals surface area contributed by atoms with Crippen molar-refractivity contribution in [1.82, 2.24) is 9.13 Å². The van der Waals surface area contributed by atoms with Crippen LogP contribution in [-0.4, -0.2) is 35.6 Å². The second-order valence-corrected chi connectivity index (χ2v) is 8.82. The van der Waals surface area contributed by atoms with Gasteiger partial charge in [0.1, 0.15) is 5.82 Å². The summed E-state index contributed by atoms with van der Waals surface area (Å²) in [5, 5.41) is 3.31. The van der Waals surface area contributed by atoms with Crippen molar-refractivity contribution in [3.63, 3.8) is 0 Å². The summed E-state index contributed by atoms with van der Waals surface area (Å²) < 4.78 is 29.3. The summed E-state index contributed by atoms with van der Waals surface area (Å²) in [5.74, 6) is -0.0365. The molecule has 1 aromatic heterocycles. The number of nitrogens with two attached hydrogens (primary N) is 1. The van der Waals surface area contributed by atoms with Crippen LogP contribution < -0.4 is 16.7 Å². The molecule has 3 N–H and O–H groups in total. The van der Waals surface area contributed by atoms with Crippen molar-refractivity contribution in [2.45, 2.75) is 25.2 Å². The summed E-state index contributed by atoms with van der Waals surface area (Å²) >= 11 is 0. The number of halogens is 1. The molecule has 0 amide bonds. The minimum atomic E-state index is -0.322. The Morgan fingerprint density at radius 3 is 2.58 bits per heavy atom. The minimum Gasteiger partial charge on any atom is -0.397 e. The predicted molar refractivity (Wildman–Crippen MR) is 128 cm³/mol. The number of imidazole rings is 1. The Labute approximate surface area is 191 Å². The van der Waals surface area contributed by atoms with Gasteiger partial charge in [0.2, 0.25) is 0 Å². The van der Waals surface area contributed by atoms with E-state index < -0.39 is 0 Å². The molecule has 0 bridgehead atoms. The molecule has 33 heavy (non-hydrogen) atoms. The smallest absolute Gasteiger partial charge is 0.328 e. The van der Waals surface area contributed by atoms with Crippen molar-refractivity contribution in [3.05, 3.63) is 57.8 Å². The third-order valence-electron chi connectivity index (χ3n) is 6.78. The molecule has 0 saturated carbocycles. The highest BCUT2D eigenvalue weighted by atomic mass is 19.1. The summed E-state index contributed by atoms with van der Waals surface area (Å²) in [4.78, 5) is 12.7. The molecule has 8 heteroatoms. The number of fused-ring (bicyclic) bond motifs is 1. The molecule has 0 aliphatic carbocycles. The Morgan fingerprint density at radius 2 is 1.85 bits per heavy atom. The predicted octanol–water partition coefficient (Wildman–Crippen LogP) is 4.04. The van der Waals surface area contributed by atoms with E-state index in [9.17, 15) is 4.79 Å². The van der Waals surface area contributed by atoms with E-state index in [0.717, 1.165) is 40.7 Å². The van der Waals surface area contributed by atoms with Crippen LogP contribution in [0.4, 0.5) is 21.5 Å². The number of nitrogens with one attached hydrogen (secondary N) is 1. The van der Waals surface area contributed by atoms with Crippen molar-refractivity contribution in [2.75, 3.05) is 37.5 Å². The number of nitrogen functional groups attached to an aromatic ring is 1. The molecule has 0 atom stereocenters.